The van der Waals surface area contributed by atoms with Crippen LogP contribution in [0, 0.1) is 11.7 Å². The lowest BCUT2D eigenvalue weighted by Crippen LogP contribution is -2.02. The van der Waals surface area contributed by atoms with Crippen LogP contribution in [0.2, 0.25) is 5.02 Å². The Labute approximate surface area is 103 Å². The quantitative estimate of drug-likeness (QED) is 0.903. The molecule has 1 N–H and O–H groups in total. The molecule has 0 heterocycles. The van der Waals surface area contributed by atoms with Gasteiger partial charge >= 0.3 is 5.97 Å². The molecule has 0 aromatic heterocycles. The molecule has 1 aromatic rings. The standard InChI is InChI=1S/C12H12ClFO3/c1-2-17-9-4-3-8(13)10(11(9)14)6-5-7(6)12(15)16/h3-4,6-7H,2,5H2,1H3,(H,15,16). The summed E-state index contributed by atoms with van der Waals surface area (Å²) in [5, 5.41) is 9.11. The Morgan fingerprint density at radius 1 is 1.65 bits per heavy atom. The number of rotatable bonds is 4. The lowest BCUT2D eigenvalue weighted by molar-refractivity contribution is -0.138. The molecule has 1 aromatic carbocycles. The third-order valence-corrected chi connectivity index (χ3v) is 3.20. The lowest BCUT2D eigenvalue weighted by Gasteiger charge is -2.10. The third-order valence-electron chi connectivity index (χ3n) is 2.87. The smallest absolute Gasteiger partial charge is 0.307 e. The number of hydrogen-bond donors (Lipinski definition) is 1. The Morgan fingerprint density at radius 3 is 2.88 bits per heavy atom. The number of carboxylic acids is 1. The zero-order valence-corrected chi connectivity index (χ0v) is 10.00. The van der Waals surface area contributed by atoms with Crippen LogP contribution in [0.25, 0.3) is 0 Å². The molecule has 1 aliphatic rings. The fourth-order valence-electron chi connectivity index (χ4n) is 1.94. The summed E-state index contributed by atoms with van der Waals surface area (Å²) >= 11 is 5.92. The van der Waals surface area contributed by atoms with Gasteiger partial charge in [-0.1, -0.05) is 11.6 Å². The van der Waals surface area contributed by atoms with Crippen molar-refractivity contribution in [3.63, 3.8) is 0 Å². The first-order valence-electron chi connectivity index (χ1n) is 5.39. The molecule has 1 saturated carbocycles. The highest BCUT2D eigenvalue weighted by molar-refractivity contribution is 6.31. The van der Waals surface area contributed by atoms with Crippen LogP contribution in [0.5, 0.6) is 5.75 Å². The minimum Gasteiger partial charge on any atom is -0.491 e. The predicted octanol–water partition coefficient (Wildman–Crippen LogP) is 3.07. The molecule has 17 heavy (non-hydrogen) atoms. The maximum Gasteiger partial charge on any atom is 0.307 e. The van der Waals surface area contributed by atoms with Crippen LogP contribution < -0.4 is 4.74 Å². The summed E-state index contributed by atoms with van der Waals surface area (Å²) in [5.41, 5.74) is 0.269. The van der Waals surface area contributed by atoms with E-state index in [0.29, 0.717) is 13.0 Å². The maximum atomic E-state index is 14.0. The summed E-state index contributed by atoms with van der Waals surface area (Å²) in [6.07, 6.45) is 0.432. The summed E-state index contributed by atoms with van der Waals surface area (Å²) in [7, 11) is 0. The number of carbonyl (C=O) groups is 1. The Bertz CT molecular complexity index is 461. The van der Waals surface area contributed by atoms with Gasteiger partial charge < -0.3 is 9.84 Å². The van der Waals surface area contributed by atoms with Crippen molar-refractivity contribution >= 4 is 17.6 Å². The van der Waals surface area contributed by atoms with E-state index in [4.69, 9.17) is 21.4 Å². The maximum absolute atomic E-state index is 14.0. The molecule has 2 unspecified atom stereocenters. The minimum atomic E-state index is -0.910. The number of benzene rings is 1. The zero-order valence-electron chi connectivity index (χ0n) is 9.24. The van der Waals surface area contributed by atoms with E-state index in [2.05, 4.69) is 0 Å². The molecule has 1 fully saturated rings. The van der Waals surface area contributed by atoms with Crippen LogP contribution in [-0.4, -0.2) is 17.7 Å². The number of carboxylic acid groups (broad SMARTS) is 1. The molecule has 2 rings (SSSR count). The topological polar surface area (TPSA) is 46.5 Å². The fraction of sp³-hybridized carbons (Fsp3) is 0.417. The Balaban J connectivity index is 2.33. The van der Waals surface area contributed by atoms with Gasteiger partial charge in [-0.15, -0.1) is 0 Å². The minimum absolute atomic E-state index is 0.128. The van der Waals surface area contributed by atoms with Gasteiger partial charge in [-0.2, -0.15) is 0 Å². The molecular formula is C12H12ClFO3. The predicted molar refractivity (Wildman–Crippen MR) is 61.1 cm³/mol. The van der Waals surface area contributed by atoms with E-state index in [9.17, 15) is 9.18 Å². The summed E-state index contributed by atoms with van der Waals surface area (Å²) in [6.45, 7) is 2.11. The first-order valence-corrected chi connectivity index (χ1v) is 5.77. The molecule has 92 valence electrons. The third kappa shape index (κ3) is 2.22. The molecule has 5 heteroatoms. The number of ether oxygens (including phenoxy) is 1. The van der Waals surface area contributed by atoms with Gasteiger partial charge in [0.05, 0.1) is 12.5 Å². The Kier molecular flexibility index (Phi) is 3.24. The number of aliphatic carboxylic acids is 1. The summed E-state index contributed by atoms with van der Waals surface area (Å²) in [6, 6.07) is 3.00. The van der Waals surface area contributed by atoms with E-state index in [1.807, 2.05) is 0 Å². The average Bonchev–Trinajstić information content (AvgIpc) is 3.03. The highest BCUT2D eigenvalue weighted by Gasteiger charge is 2.47. The molecule has 1 aliphatic carbocycles. The average molecular weight is 259 g/mol. The van der Waals surface area contributed by atoms with Crippen molar-refractivity contribution in [2.75, 3.05) is 6.61 Å². The van der Waals surface area contributed by atoms with Gasteiger partial charge in [-0.3, -0.25) is 4.79 Å². The Morgan fingerprint density at radius 2 is 2.35 bits per heavy atom. The van der Waals surface area contributed by atoms with E-state index in [1.54, 1.807) is 13.0 Å². The fourth-order valence-corrected chi connectivity index (χ4v) is 2.23. The van der Waals surface area contributed by atoms with Crippen molar-refractivity contribution in [2.24, 2.45) is 5.92 Å². The monoisotopic (exact) mass is 258 g/mol. The summed E-state index contributed by atoms with van der Waals surface area (Å²) in [4.78, 5) is 10.8. The van der Waals surface area contributed by atoms with Crippen molar-refractivity contribution < 1.29 is 19.0 Å². The van der Waals surface area contributed by atoms with Gasteiger partial charge in [0.15, 0.2) is 11.6 Å². The molecule has 3 nitrogen and oxygen atoms in total. The molecule has 2 atom stereocenters. The van der Waals surface area contributed by atoms with Gasteiger partial charge in [0.1, 0.15) is 0 Å². The van der Waals surface area contributed by atoms with E-state index in [0.717, 1.165) is 0 Å². The molecule has 0 radical (unpaired) electrons. The highest BCUT2D eigenvalue weighted by Crippen LogP contribution is 2.51. The second kappa shape index (κ2) is 4.53. The Hall–Kier alpha value is -1.29. The van der Waals surface area contributed by atoms with E-state index in [-0.39, 0.29) is 22.3 Å². The first kappa shape index (κ1) is 12.2. The molecule has 0 amide bonds. The van der Waals surface area contributed by atoms with Crippen LogP contribution in [-0.2, 0) is 4.79 Å². The second-order valence-corrected chi connectivity index (χ2v) is 4.40. The van der Waals surface area contributed by atoms with Crippen molar-refractivity contribution in [1.82, 2.24) is 0 Å². The van der Waals surface area contributed by atoms with Gasteiger partial charge in [-0.05, 0) is 25.5 Å². The SMILES string of the molecule is CCOc1ccc(Cl)c(C2CC2C(=O)O)c1F. The van der Waals surface area contributed by atoms with Crippen molar-refractivity contribution in [2.45, 2.75) is 19.3 Å². The second-order valence-electron chi connectivity index (χ2n) is 3.99. The van der Waals surface area contributed by atoms with Crippen LogP contribution in [0.15, 0.2) is 12.1 Å². The largest absolute Gasteiger partial charge is 0.491 e. The normalized spacial score (nSPS) is 22.3. The van der Waals surface area contributed by atoms with Gasteiger partial charge in [0, 0.05) is 16.5 Å². The van der Waals surface area contributed by atoms with Crippen molar-refractivity contribution in [3.05, 3.63) is 28.5 Å². The number of halogens is 2. The van der Waals surface area contributed by atoms with Crippen LogP contribution in [0.1, 0.15) is 24.8 Å². The highest BCUT2D eigenvalue weighted by atomic mass is 35.5. The lowest BCUT2D eigenvalue weighted by atomic mass is 10.1. The van der Waals surface area contributed by atoms with Crippen LogP contribution >= 0.6 is 11.6 Å². The van der Waals surface area contributed by atoms with Crippen LogP contribution in [0.4, 0.5) is 4.39 Å². The van der Waals surface area contributed by atoms with E-state index in [1.165, 1.54) is 6.07 Å². The van der Waals surface area contributed by atoms with E-state index >= 15 is 0 Å². The van der Waals surface area contributed by atoms with Crippen molar-refractivity contribution in [3.8, 4) is 5.75 Å². The zero-order chi connectivity index (χ0) is 12.6. The molecule has 0 bridgehead atoms. The van der Waals surface area contributed by atoms with Gasteiger partial charge in [0.25, 0.3) is 0 Å². The van der Waals surface area contributed by atoms with Gasteiger partial charge in [0.2, 0.25) is 0 Å². The molecule has 0 saturated heterocycles. The molecule has 0 spiro atoms. The first-order chi connectivity index (χ1) is 8.06. The molecule has 0 aliphatic heterocycles. The summed E-state index contributed by atoms with van der Waals surface area (Å²) in [5.74, 6) is -2.18. The van der Waals surface area contributed by atoms with Crippen LogP contribution in [0.3, 0.4) is 0 Å². The van der Waals surface area contributed by atoms with Crippen molar-refractivity contribution in [1.29, 1.82) is 0 Å². The number of hydrogen-bond acceptors (Lipinski definition) is 2. The van der Waals surface area contributed by atoms with Gasteiger partial charge in [-0.25, -0.2) is 4.39 Å². The van der Waals surface area contributed by atoms with E-state index < -0.39 is 17.7 Å². The molecular weight excluding hydrogens is 247 g/mol. The summed E-state index contributed by atoms with van der Waals surface area (Å²) < 4.78 is 19.2.